The molecule has 3 rings (SSSR count). The van der Waals surface area contributed by atoms with E-state index in [9.17, 15) is 4.79 Å². The summed E-state index contributed by atoms with van der Waals surface area (Å²) in [5, 5.41) is 9.85. The van der Waals surface area contributed by atoms with Gasteiger partial charge in [-0.15, -0.1) is 0 Å². The highest BCUT2D eigenvalue weighted by Gasteiger charge is 2.20. The Kier molecular flexibility index (Phi) is 7.83. The molecule has 1 amide bonds. The van der Waals surface area contributed by atoms with Gasteiger partial charge < -0.3 is 14.3 Å². The van der Waals surface area contributed by atoms with Gasteiger partial charge in [0.05, 0.1) is 25.6 Å². The van der Waals surface area contributed by atoms with Crippen LogP contribution in [0.5, 0.6) is 11.5 Å². The molecule has 30 heavy (non-hydrogen) atoms. The molecule has 2 aromatic rings. The molecule has 0 unspecified atom stereocenters. The van der Waals surface area contributed by atoms with Crippen LogP contribution in [0.25, 0.3) is 0 Å². The lowest BCUT2D eigenvalue weighted by Crippen LogP contribution is -2.34. The Morgan fingerprint density at radius 1 is 1.20 bits per heavy atom. The number of hydrazone groups is 1. The van der Waals surface area contributed by atoms with Crippen molar-refractivity contribution in [2.24, 2.45) is 10.3 Å². The molecule has 0 aromatic heterocycles. The molecule has 0 aliphatic carbocycles. The molecule has 0 saturated carbocycles. The van der Waals surface area contributed by atoms with Crippen molar-refractivity contribution in [3.05, 3.63) is 59.7 Å². The minimum absolute atomic E-state index is 0.159. The molecule has 7 heteroatoms. The number of rotatable bonds is 9. The van der Waals surface area contributed by atoms with Crippen LogP contribution in [0.3, 0.4) is 0 Å². The Labute approximate surface area is 176 Å². The molecule has 0 saturated heterocycles. The van der Waals surface area contributed by atoms with E-state index < -0.39 is 0 Å². The van der Waals surface area contributed by atoms with Gasteiger partial charge in [-0.2, -0.15) is 5.10 Å². The highest BCUT2D eigenvalue weighted by atomic mass is 16.6. The van der Waals surface area contributed by atoms with Crippen LogP contribution in [0.1, 0.15) is 37.3 Å². The van der Waals surface area contributed by atoms with Gasteiger partial charge in [0, 0.05) is 12.1 Å². The molecule has 0 radical (unpaired) electrons. The first-order valence-electron chi connectivity index (χ1n) is 10.1. The monoisotopic (exact) mass is 409 g/mol. The van der Waals surface area contributed by atoms with E-state index in [2.05, 4.69) is 17.2 Å². The molecular formula is C23H27N3O4. The van der Waals surface area contributed by atoms with Crippen LogP contribution < -0.4 is 9.47 Å². The molecule has 158 valence electrons. The number of hydrogen-bond donors (Lipinski definition) is 0. The van der Waals surface area contributed by atoms with Crippen molar-refractivity contribution in [3.63, 3.8) is 0 Å². The van der Waals surface area contributed by atoms with Crippen molar-refractivity contribution in [1.82, 2.24) is 5.01 Å². The van der Waals surface area contributed by atoms with Gasteiger partial charge in [0.2, 0.25) is 0 Å². The molecule has 7 nitrogen and oxygen atoms in total. The zero-order valence-corrected chi connectivity index (χ0v) is 17.4. The third-order valence-corrected chi connectivity index (χ3v) is 4.54. The highest BCUT2D eigenvalue weighted by molar-refractivity contribution is 6.02. The van der Waals surface area contributed by atoms with Crippen molar-refractivity contribution in [2.45, 2.75) is 26.2 Å². The molecule has 2 aromatic carbocycles. The number of oxime groups is 1. The van der Waals surface area contributed by atoms with Crippen LogP contribution in [-0.2, 0) is 9.63 Å². The van der Waals surface area contributed by atoms with Crippen LogP contribution in [-0.4, -0.2) is 49.7 Å². The van der Waals surface area contributed by atoms with Gasteiger partial charge in [-0.25, -0.2) is 5.01 Å². The van der Waals surface area contributed by atoms with Crippen LogP contribution in [0.2, 0.25) is 0 Å². The Morgan fingerprint density at radius 2 is 2.03 bits per heavy atom. The first kappa shape index (κ1) is 21.4. The first-order valence-corrected chi connectivity index (χ1v) is 10.1. The number of carbonyl (C=O) groups is 1. The number of methoxy groups -OCH3 is 1. The summed E-state index contributed by atoms with van der Waals surface area (Å²) in [6, 6.07) is 15.3. The zero-order valence-electron chi connectivity index (χ0n) is 17.4. The van der Waals surface area contributed by atoms with Gasteiger partial charge >= 0.3 is 0 Å². The topological polar surface area (TPSA) is 72.7 Å². The number of carbonyl (C=O) groups excluding carboxylic acids is 1. The van der Waals surface area contributed by atoms with E-state index in [0.29, 0.717) is 24.7 Å². The average molecular weight is 409 g/mol. The Hall–Kier alpha value is -3.35. The quantitative estimate of drug-likeness (QED) is 0.466. The number of nitrogens with zero attached hydrogens (tertiary/aromatic N) is 3. The molecule has 1 heterocycles. The Balaban J connectivity index is 1.64. The fourth-order valence-electron chi connectivity index (χ4n) is 3.01. The minimum Gasteiger partial charge on any atom is -0.493 e. The smallest absolute Gasteiger partial charge is 0.283 e. The number of hydrogen-bond acceptors (Lipinski definition) is 6. The zero-order chi connectivity index (χ0) is 21.2. The van der Waals surface area contributed by atoms with Crippen molar-refractivity contribution < 1.29 is 19.1 Å². The molecule has 0 atom stereocenters. The largest absolute Gasteiger partial charge is 0.493 e. The summed E-state index contributed by atoms with van der Waals surface area (Å²) < 4.78 is 11.2. The van der Waals surface area contributed by atoms with E-state index in [1.807, 2.05) is 48.5 Å². The van der Waals surface area contributed by atoms with Gasteiger partial charge in [-0.05, 0) is 43.0 Å². The molecule has 0 spiro atoms. The second-order valence-corrected chi connectivity index (χ2v) is 6.80. The van der Waals surface area contributed by atoms with Gasteiger partial charge in [0.15, 0.2) is 18.1 Å². The lowest BCUT2D eigenvalue weighted by Gasteiger charge is -2.23. The summed E-state index contributed by atoms with van der Waals surface area (Å²) in [5.41, 5.74) is 2.66. The van der Waals surface area contributed by atoms with E-state index >= 15 is 0 Å². The first-order chi connectivity index (χ1) is 14.7. The fraction of sp³-hybridized carbons (Fsp3) is 0.348. The van der Waals surface area contributed by atoms with Gasteiger partial charge in [-0.1, -0.05) is 42.4 Å². The van der Waals surface area contributed by atoms with Gasteiger partial charge in [0.1, 0.15) is 0 Å². The van der Waals surface area contributed by atoms with Crippen molar-refractivity contribution in [1.29, 1.82) is 0 Å². The van der Waals surface area contributed by atoms with Crippen LogP contribution >= 0.6 is 0 Å². The minimum atomic E-state index is -0.228. The second-order valence-electron chi connectivity index (χ2n) is 6.80. The SMILES string of the molecule is CCCOc1cc(C2=NN(C(=O)CO/N=C/c3ccccc3)CCC2)ccc1OC. The maximum absolute atomic E-state index is 12.5. The van der Waals surface area contributed by atoms with E-state index in [-0.39, 0.29) is 12.5 Å². The Morgan fingerprint density at radius 3 is 2.80 bits per heavy atom. The molecule has 0 bridgehead atoms. The standard InChI is InChI=1S/C23H27N3O4/c1-3-14-29-22-15-19(11-12-21(22)28-2)20-10-7-13-26(25-20)23(27)17-30-24-16-18-8-5-4-6-9-18/h4-6,8-9,11-12,15-16H,3,7,10,13-14,17H2,1-2H3/b24-16+. The second kappa shape index (κ2) is 11.0. The lowest BCUT2D eigenvalue weighted by atomic mass is 10.0. The third-order valence-electron chi connectivity index (χ3n) is 4.54. The number of ether oxygens (including phenoxy) is 2. The molecule has 1 aliphatic heterocycles. The van der Waals surface area contributed by atoms with Crippen LogP contribution in [0, 0.1) is 0 Å². The maximum Gasteiger partial charge on any atom is 0.283 e. The lowest BCUT2D eigenvalue weighted by molar-refractivity contribution is -0.136. The van der Waals surface area contributed by atoms with Crippen molar-refractivity contribution in [3.8, 4) is 11.5 Å². The number of benzene rings is 2. The molecular weight excluding hydrogens is 382 g/mol. The molecule has 0 N–H and O–H groups in total. The van der Waals surface area contributed by atoms with E-state index in [4.69, 9.17) is 14.3 Å². The summed E-state index contributed by atoms with van der Waals surface area (Å²) in [5.74, 6) is 1.14. The van der Waals surface area contributed by atoms with E-state index in [0.717, 1.165) is 36.1 Å². The Bertz CT molecular complexity index is 897. The average Bonchev–Trinajstić information content (AvgIpc) is 2.81. The van der Waals surface area contributed by atoms with Crippen LogP contribution in [0.15, 0.2) is 58.8 Å². The van der Waals surface area contributed by atoms with Crippen molar-refractivity contribution in [2.75, 3.05) is 26.9 Å². The summed E-state index contributed by atoms with van der Waals surface area (Å²) in [7, 11) is 1.62. The van der Waals surface area contributed by atoms with Gasteiger partial charge in [0.25, 0.3) is 5.91 Å². The number of amides is 1. The van der Waals surface area contributed by atoms with Crippen LogP contribution in [0.4, 0.5) is 0 Å². The van der Waals surface area contributed by atoms with E-state index in [1.165, 1.54) is 5.01 Å². The molecule has 0 fully saturated rings. The summed E-state index contributed by atoms with van der Waals surface area (Å²) in [6.45, 7) is 3.06. The predicted octanol–water partition coefficient (Wildman–Crippen LogP) is 3.86. The third kappa shape index (κ3) is 5.83. The van der Waals surface area contributed by atoms with E-state index in [1.54, 1.807) is 13.3 Å². The van der Waals surface area contributed by atoms with Gasteiger partial charge in [-0.3, -0.25) is 4.79 Å². The summed E-state index contributed by atoms with van der Waals surface area (Å²) in [4.78, 5) is 17.6. The normalized spacial score (nSPS) is 13.8. The summed E-state index contributed by atoms with van der Waals surface area (Å²) >= 11 is 0. The fourth-order valence-corrected chi connectivity index (χ4v) is 3.01. The molecule has 1 aliphatic rings. The van der Waals surface area contributed by atoms with Crippen molar-refractivity contribution >= 4 is 17.8 Å². The highest BCUT2D eigenvalue weighted by Crippen LogP contribution is 2.29. The summed E-state index contributed by atoms with van der Waals surface area (Å²) in [6.07, 6.45) is 4.10. The maximum atomic E-state index is 12.5. The predicted molar refractivity (Wildman–Crippen MR) is 116 cm³/mol.